The fourth-order valence-corrected chi connectivity index (χ4v) is 3.84. The Morgan fingerprint density at radius 1 is 1.12 bits per heavy atom. The van der Waals surface area contributed by atoms with Gasteiger partial charge in [0.15, 0.2) is 0 Å². The molecule has 7 heteroatoms. The topological polar surface area (TPSA) is 66.5 Å². The Bertz CT molecular complexity index is 849. The van der Waals surface area contributed by atoms with E-state index in [1.165, 1.54) is 19.2 Å². The Morgan fingerprint density at radius 3 is 2.33 bits per heavy atom. The number of aryl methyl sites for hydroxylation is 2. The van der Waals surface area contributed by atoms with Crippen molar-refractivity contribution in [2.24, 2.45) is 0 Å². The molecule has 1 amide bonds. The van der Waals surface area contributed by atoms with Gasteiger partial charge in [0.05, 0.1) is 10.6 Å². The molecule has 0 saturated carbocycles. The van der Waals surface area contributed by atoms with Crippen LogP contribution in [0.25, 0.3) is 0 Å². The first-order chi connectivity index (χ1) is 11.3. The molecule has 0 radical (unpaired) electrons. The number of hydrogen-bond acceptors (Lipinski definition) is 3. The zero-order chi connectivity index (χ0) is 17.9. The van der Waals surface area contributed by atoms with Crippen LogP contribution in [0.5, 0.6) is 0 Å². The van der Waals surface area contributed by atoms with Crippen LogP contribution in [0.1, 0.15) is 11.1 Å². The lowest BCUT2D eigenvalue weighted by molar-refractivity contribution is -0.119. The first-order valence-electron chi connectivity index (χ1n) is 7.32. The number of likely N-dealkylation sites (N-methyl/N-ethyl adjacent to an activating group) is 1. The highest BCUT2D eigenvalue weighted by Crippen LogP contribution is 2.29. The monoisotopic (exact) mass is 366 g/mol. The molecule has 0 saturated heterocycles. The van der Waals surface area contributed by atoms with Crippen LogP contribution in [0.3, 0.4) is 0 Å². The molecule has 0 aromatic heterocycles. The maximum absolute atomic E-state index is 13.1. The van der Waals surface area contributed by atoms with Gasteiger partial charge in [-0.1, -0.05) is 35.4 Å². The van der Waals surface area contributed by atoms with Gasteiger partial charge in [0.2, 0.25) is 5.91 Å². The highest BCUT2D eigenvalue weighted by Gasteiger charge is 2.28. The maximum Gasteiger partial charge on any atom is 0.264 e. The lowest BCUT2D eigenvalue weighted by Gasteiger charge is -2.25. The SMILES string of the molecule is CNC(=O)CN(c1cc(Cl)ccc1C)S(=O)(=O)c1ccc(C)cc1. The van der Waals surface area contributed by atoms with Gasteiger partial charge in [0, 0.05) is 12.1 Å². The molecule has 0 aliphatic carbocycles. The van der Waals surface area contributed by atoms with Crippen molar-refractivity contribution in [2.45, 2.75) is 18.7 Å². The van der Waals surface area contributed by atoms with Crippen molar-refractivity contribution in [2.75, 3.05) is 17.9 Å². The molecule has 1 N–H and O–H groups in total. The van der Waals surface area contributed by atoms with Crippen LogP contribution in [-0.4, -0.2) is 27.9 Å². The summed E-state index contributed by atoms with van der Waals surface area (Å²) in [5, 5.41) is 2.85. The largest absolute Gasteiger partial charge is 0.358 e. The second-order valence-corrected chi connectivity index (χ2v) is 7.73. The summed E-state index contributed by atoms with van der Waals surface area (Å²) < 4.78 is 27.2. The minimum absolute atomic E-state index is 0.122. The molecule has 24 heavy (non-hydrogen) atoms. The second kappa shape index (κ2) is 7.23. The number of benzene rings is 2. The van der Waals surface area contributed by atoms with Gasteiger partial charge in [-0.25, -0.2) is 8.42 Å². The van der Waals surface area contributed by atoms with Crippen LogP contribution in [0, 0.1) is 13.8 Å². The zero-order valence-corrected chi connectivity index (χ0v) is 15.3. The average molecular weight is 367 g/mol. The third-order valence-corrected chi connectivity index (χ3v) is 5.62. The lowest BCUT2D eigenvalue weighted by Crippen LogP contribution is -2.40. The number of amides is 1. The Labute approximate surface area is 147 Å². The van der Waals surface area contributed by atoms with Crippen LogP contribution >= 0.6 is 11.6 Å². The predicted octanol–water partition coefficient (Wildman–Crippen LogP) is 2.90. The van der Waals surface area contributed by atoms with Crippen molar-refractivity contribution in [3.05, 3.63) is 58.6 Å². The molecule has 0 aliphatic heterocycles. The van der Waals surface area contributed by atoms with E-state index >= 15 is 0 Å². The summed E-state index contributed by atoms with van der Waals surface area (Å²) in [6.07, 6.45) is 0. The summed E-state index contributed by atoms with van der Waals surface area (Å²) in [5.74, 6) is -0.412. The number of nitrogens with zero attached hydrogens (tertiary/aromatic N) is 1. The summed E-state index contributed by atoms with van der Waals surface area (Å²) in [6, 6.07) is 11.4. The van der Waals surface area contributed by atoms with E-state index in [-0.39, 0.29) is 11.4 Å². The molecular weight excluding hydrogens is 348 g/mol. The number of anilines is 1. The summed E-state index contributed by atoms with van der Waals surface area (Å²) in [4.78, 5) is 12.0. The van der Waals surface area contributed by atoms with E-state index < -0.39 is 15.9 Å². The minimum Gasteiger partial charge on any atom is -0.358 e. The van der Waals surface area contributed by atoms with Crippen LogP contribution in [-0.2, 0) is 14.8 Å². The standard InChI is InChI=1S/C17H19ClN2O3S/c1-12-4-8-15(9-5-12)24(22,23)20(11-17(21)19-3)16-10-14(18)7-6-13(16)2/h4-10H,11H2,1-3H3,(H,19,21). The molecule has 0 fully saturated rings. The Morgan fingerprint density at radius 2 is 1.75 bits per heavy atom. The molecule has 0 unspecified atom stereocenters. The molecule has 0 bridgehead atoms. The Hall–Kier alpha value is -2.05. The highest BCUT2D eigenvalue weighted by molar-refractivity contribution is 7.92. The predicted molar refractivity (Wildman–Crippen MR) is 96.0 cm³/mol. The van der Waals surface area contributed by atoms with Gasteiger partial charge in [0.25, 0.3) is 10.0 Å². The average Bonchev–Trinajstić information content (AvgIpc) is 2.55. The van der Waals surface area contributed by atoms with Crippen molar-refractivity contribution < 1.29 is 13.2 Å². The number of carbonyl (C=O) groups excluding carboxylic acids is 1. The molecule has 2 aromatic carbocycles. The summed E-state index contributed by atoms with van der Waals surface area (Å²) in [6.45, 7) is 3.32. The van der Waals surface area contributed by atoms with Gasteiger partial charge in [0.1, 0.15) is 6.54 Å². The number of nitrogens with one attached hydrogen (secondary N) is 1. The van der Waals surface area contributed by atoms with E-state index in [1.807, 2.05) is 6.92 Å². The van der Waals surface area contributed by atoms with Gasteiger partial charge in [-0.05, 0) is 43.7 Å². The van der Waals surface area contributed by atoms with Gasteiger partial charge in [-0.15, -0.1) is 0 Å². The van der Waals surface area contributed by atoms with Gasteiger partial charge in [-0.3, -0.25) is 9.10 Å². The molecule has 0 heterocycles. The zero-order valence-electron chi connectivity index (χ0n) is 13.7. The van der Waals surface area contributed by atoms with Gasteiger partial charge < -0.3 is 5.32 Å². The third-order valence-electron chi connectivity index (χ3n) is 3.61. The van der Waals surface area contributed by atoms with Crippen molar-refractivity contribution in [1.82, 2.24) is 5.32 Å². The minimum atomic E-state index is -3.90. The number of sulfonamides is 1. The molecule has 0 spiro atoms. The molecule has 2 rings (SSSR count). The van der Waals surface area contributed by atoms with E-state index in [4.69, 9.17) is 11.6 Å². The fourth-order valence-electron chi connectivity index (χ4n) is 2.20. The lowest BCUT2D eigenvalue weighted by atomic mass is 10.2. The maximum atomic E-state index is 13.1. The number of carbonyl (C=O) groups is 1. The van der Waals surface area contributed by atoms with Gasteiger partial charge >= 0.3 is 0 Å². The van der Waals surface area contributed by atoms with E-state index in [0.29, 0.717) is 16.3 Å². The van der Waals surface area contributed by atoms with E-state index in [1.54, 1.807) is 37.3 Å². The number of rotatable bonds is 5. The van der Waals surface area contributed by atoms with Crippen LogP contribution in [0.2, 0.25) is 5.02 Å². The molecule has 128 valence electrons. The van der Waals surface area contributed by atoms with E-state index in [9.17, 15) is 13.2 Å². The van der Waals surface area contributed by atoms with E-state index in [0.717, 1.165) is 9.87 Å². The van der Waals surface area contributed by atoms with Crippen LogP contribution in [0.4, 0.5) is 5.69 Å². The van der Waals surface area contributed by atoms with Crippen LogP contribution in [0.15, 0.2) is 47.4 Å². The highest BCUT2D eigenvalue weighted by atomic mass is 35.5. The molecule has 0 atom stereocenters. The molecular formula is C17H19ClN2O3S. The molecule has 5 nitrogen and oxygen atoms in total. The fraction of sp³-hybridized carbons (Fsp3) is 0.235. The van der Waals surface area contributed by atoms with Gasteiger partial charge in [-0.2, -0.15) is 0 Å². The summed E-state index contributed by atoms with van der Waals surface area (Å²) in [5.41, 5.74) is 2.04. The Kier molecular flexibility index (Phi) is 5.51. The summed E-state index contributed by atoms with van der Waals surface area (Å²) in [7, 11) is -2.44. The van der Waals surface area contributed by atoms with Crippen molar-refractivity contribution >= 4 is 33.2 Å². The van der Waals surface area contributed by atoms with E-state index in [2.05, 4.69) is 5.32 Å². The second-order valence-electron chi connectivity index (χ2n) is 5.43. The number of halogens is 1. The molecule has 2 aromatic rings. The quantitative estimate of drug-likeness (QED) is 0.884. The van der Waals surface area contributed by atoms with Crippen LogP contribution < -0.4 is 9.62 Å². The first-order valence-corrected chi connectivity index (χ1v) is 9.13. The summed E-state index contributed by atoms with van der Waals surface area (Å²) >= 11 is 6.03. The first kappa shape index (κ1) is 18.3. The number of hydrogen-bond donors (Lipinski definition) is 1. The normalized spacial score (nSPS) is 11.2. The van der Waals surface area contributed by atoms with Crippen molar-refractivity contribution in [3.63, 3.8) is 0 Å². The molecule has 0 aliphatic rings. The van der Waals surface area contributed by atoms with Crippen molar-refractivity contribution in [3.8, 4) is 0 Å². The van der Waals surface area contributed by atoms with Crippen molar-refractivity contribution in [1.29, 1.82) is 0 Å². The smallest absolute Gasteiger partial charge is 0.264 e. The third kappa shape index (κ3) is 3.88. The Balaban J connectivity index is 2.59.